The molecule has 0 spiro atoms. The van der Waals surface area contributed by atoms with Crippen LogP contribution < -0.4 is 35.7 Å². The molecule has 20 heteroatoms. The molecule has 0 saturated carbocycles. The van der Waals surface area contributed by atoms with Crippen LogP contribution in [0.25, 0.3) is 5.32 Å². The van der Waals surface area contributed by atoms with Crippen molar-refractivity contribution >= 4 is 24.4 Å². The predicted octanol–water partition coefficient (Wildman–Crippen LogP) is 6.37. The molecule has 0 bridgehead atoms. The Bertz CT molecular complexity index is 2790. The number of rotatable bonds is 10. The summed E-state index contributed by atoms with van der Waals surface area (Å²) in [5, 5.41) is 84.3. The van der Waals surface area contributed by atoms with E-state index >= 15 is 0 Å². The zero-order valence-corrected chi connectivity index (χ0v) is 55.4. The van der Waals surface area contributed by atoms with Crippen molar-refractivity contribution in [1.82, 2.24) is 24.9 Å². The molecule has 0 amide bonds. The molecule has 0 radical (unpaired) electrons. The smallest absolute Gasteiger partial charge is 0.873 e. The number of allylic oxidation sites excluding steroid dienone is 4. The van der Waals surface area contributed by atoms with E-state index in [0.29, 0.717) is 0 Å². The standard InChI is InChI=1S/2C18H20N2O4.5C5H5N.U.2Zn/c2*1-18(2,20-10-13-6-4-8-15(22)17(13)24)11-19-9-12-5-3-7-14(21)16(12)23;5*1-2-4-6-5-3-1;;;/h3-10H,11H2,1-2H3,(H4,19,20,21,22,23,24);3-10,21-24H,11H2,1-2H3;5*1-5H;;;/q;;;;;;;+4;2*+2/p-8. The molecule has 81 heavy (non-hydrogen) atoms. The van der Waals surface area contributed by atoms with Crippen LogP contribution in [0.5, 0.6) is 34.5 Å². The van der Waals surface area contributed by atoms with Gasteiger partial charge in [-0.1, -0.05) is 128 Å². The first-order valence-electron chi connectivity index (χ1n) is 23.8. The number of hydrogen-bond acceptors (Lipinski definition) is 16. The van der Waals surface area contributed by atoms with Gasteiger partial charge in [0.15, 0.2) is 5.78 Å². The van der Waals surface area contributed by atoms with Crippen LogP contribution in [0.4, 0.5) is 0 Å². The molecular weight excluding hydrogens is 1360 g/mol. The Balaban J connectivity index is 0.00000102. The van der Waals surface area contributed by atoms with Gasteiger partial charge in [-0.3, -0.25) is 44.7 Å². The molecular formula is C61H57N9O8UZn2. The summed E-state index contributed by atoms with van der Waals surface area (Å²) in [5.74, 6) is -4.66. The molecule has 8 aromatic rings. The predicted molar refractivity (Wildman–Crippen MR) is 292 cm³/mol. The molecule has 5 aromatic heterocycles. The van der Waals surface area contributed by atoms with Crippen molar-refractivity contribution < 1.29 is 111 Å². The minimum Gasteiger partial charge on any atom is -0.873 e. The molecule has 1 aliphatic carbocycles. The summed E-state index contributed by atoms with van der Waals surface area (Å²) in [5.41, 5.74) is -0.382. The van der Waals surface area contributed by atoms with Crippen LogP contribution in [0, 0.1) is 31.1 Å². The summed E-state index contributed by atoms with van der Waals surface area (Å²) in [7, 11) is 0. The minimum atomic E-state index is -0.639. The number of Topliss-reactive ketones (excluding diaryl/α,β-unsaturated/α-hetero) is 1. The number of hydrogen-bond donors (Lipinski definition) is 0. The van der Waals surface area contributed by atoms with E-state index in [0.717, 1.165) is 0 Å². The number of aromatic nitrogens is 5. The maximum atomic E-state index is 11.7. The third-order valence-electron chi connectivity index (χ3n) is 9.39. The van der Waals surface area contributed by atoms with Crippen molar-refractivity contribution in [3.63, 3.8) is 0 Å². The van der Waals surface area contributed by atoms with Gasteiger partial charge in [-0.2, -0.15) is 6.20 Å². The van der Waals surface area contributed by atoms with Crippen LogP contribution in [-0.4, -0.2) is 73.5 Å². The number of para-hydroxylation sites is 3. The topological polar surface area (TPSA) is 294 Å². The maximum Gasteiger partial charge on any atom is 4.00 e. The number of nitrogens with zero attached hydrogens (tertiary/aromatic N) is 9. The molecule has 0 aliphatic heterocycles. The van der Waals surface area contributed by atoms with E-state index < -0.39 is 57.1 Å². The molecule has 0 fully saturated rings. The van der Waals surface area contributed by atoms with Gasteiger partial charge in [0.25, 0.3) is 0 Å². The van der Waals surface area contributed by atoms with E-state index in [9.17, 15) is 40.5 Å². The average Bonchev–Trinajstić information content (AvgIpc) is 3.47. The Morgan fingerprint density at radius 1 is 0.457 bits per heavy atom. The summed E-state index contributed by atoms with van der Waals surface area (Å²) in [4.78, 5) is 43.2. The first-order chi connectivity index (χ1) is 37.6. The Morgan fingerprint density at radius 2 is 0.778 bits per heavy atom. The van der Waals surface area contributed by atoms with E-state index in [1.165, 1.54) is 97.7 Å². The molecule has 0 N–H and O–H groups in total. The molecule has 9 rings (SSSR count). The van der Waals surface area contributed by atoms with E-state index in [4.69, 9.17) is 0 Å². The van der Waals surface area contributed by atoms with Gasteiger partial charge in [-0.25, -0.2) is 0 Å². The largest absolute Gasteiger partial charge is 4.00 e. The molecule has 5 heterocycles. The second-order valence-electron chi connectivity index (χ2n) is 16.9. The fraction of sp³-hybridized carbons (Fsp3) is 0.131. The Labute approximate surface area is 522 Å². The number of carbonyl (C=O) groups is 1. The van der Waals surface area contributed by atoms with Gasteiger partial charge < -0.3 is 41.1 Å². The van der Waals surface area contributed by atoms with Crippen LogP contribution in [-0.2, 0) is 43.8 Å². The molecule has 1 aliphatic rings. The van der Waals surface area contributed by atoms with Gasteiger partial charge in [-0.05, 0) is 96.8 Å². The van der Waals surface area contributed by atoms with E-state index in [1.54, 1.807) is 89.7 Å². The van der Waals surface area contributed by atoms with Crippen LogP contribution in [0.2, 0.25) is 0 Å². The van der Waals surface area contributed by atoms with Gasteiger partial charge in [0, 0.05) is 87.2 Å². The molecule has 0 atom stereocenters. The summed E-state index contributed by atoms with van der Waals surface area (Å²) in [6.07, 6.45) is 27.1. The van der Waals surface area contributed by atoms with Crippen molar-refractivity contribution in [1.29, 1.82) is 0 Å². The Hall–Kier alpha value is -7.99. The van der Waals surface area contributed by atoms with Gasteiger partial charge in [0.05, 0.1) is 12.1 Å². The van der Waals surface area contributed by atoms with Gasteiger partial charge in [0.2, 0.25) is 0 Å². The molecule has 402 valence electrons. The fourth-order valence-electron chi connectivity index (χ4n) is 5.41. The van der Waals surface area contributed by atoms with Crippen LogP contribution >= 0.6 is 0 Å². The van der Waals surface area contributed by atoms with Crippen LogP contribution in [0.3, 0.4) is 0 Å². The van der Waals surface area contributed by atoms with Crippen molar-refractivity contribution in [2.45, 2.75) is 38.8 Å². The van der Waals surface area contributed by atoms with Crippen molar-refractivity contribution in [2.24, 2.45) is 15.0 Å². The van der Waals surface area contributed by atoms with E-state index in [-0.39, 0.29) is 105 Å². The molecule has 3 aromatic carbocycles. The maximum absolute atomic E-state index is 11.7. The first kappa shape index (κ1) is 73.0. The minimum absolute atomic E-state index is 0. The van der Waals surface area contributed by atoms with Crippen molar-refractivity contribution in [3.05, 3.63) is 265 Å². The zero-order valence-electron chi connectivity index (χ0n) is 45.3. The van der Waals surface area contributed by atoms with Gasteiger partial charge in [0.1, 0.15) is 0 Å². The van der Waals surface area contributed by atoms with E-state index in [2.05, 4.69) is 45.2 Å². The molecule has 0 unspecified atom stereocenters. The number of carbonyl (C=O) groups excluding carboxylic acids is 1. The third-order valence-corrected chi connectivity index (χ3v) is 9.39. The number of pyridine rings is 5. The van der Waals surface area contributed by atoms with Crippen LogP contribution in [0.15, 0.2) is 258 Å². The number of ketones is 1. The summed E-state index contributed by atoms with van der Waals surface area (Å²) in [6, 6.07) is 41.3. The third kappa shape index (κ3) is 32.6. The SMILES string of the molecule is CC(C)(CN=Cc1cccc([O-])c1[O-])N=Cc1cccc([O-])c1[O-].CC(C)(CN=Cc1cccc([O-])c1[O-])[N-]/C=C1/C=CC=C([O-])C1=O.[U+4].[Zn+2].[Zn+2].c1ccncc1.c1ccncc1.c1ccncc1.c1ccncc1.c1ccncc1. The quantitative estimate of drug-likeness (QED) is 0.0818. The Kier molecular flexibility index (Phi) is 38.7. The number of aliphatic imine (C=N–C) groups is 3. The summed E-state index contributed by atoms with van der Waals surface area (Å²) in [6.45, 7) is 7.69. The van der Waals surface area contributed by atoms with Crippen molar-refractivity contribution in [3.8, 4) is 34.5 Å². The zero-order chi connectivity index (χ0) is 56.7. The summed E-state index contributed by atoms with van der Waals surface area (Å²) < 4.78 is 0. The normalized spacial score (nSPS) is 11.5. The molecule has 17 nitrogen and oxygen atoms in total. The molecule has 0 saturated heterocycles. The van der Waals surface area contributed by atoms with Crippen LogP contribution in [0.1, 0.15) is 44.4 Å². The second kappa shape index (κ2) is 42.9. The van der Waals surface area contributed by atoms with E-state index in [1.807, 2.05) is 91.0 Å². The van der Waals surface area contributed by atoms with Gasteiger partial charge in [-0.15, -0.1) is 34.5 Å². The van der Waals surface area contributed by atoms with Gasteiger partial charge >= 0.3 is 70.1 Å². The summed E-state index contributed by atoms with van der Waals surface area (Å²) >= 11 is 0. The fourth-order valence-corrected chi connectivity index (χ4v) is 5.41. The first-order valence-corrected chi connectivity index (χ1v) is 23.8. The average molecular weight is 1410 g/mol. The Morgan fingerprint density at radius 3 is 1.09 bits per heavy atom. The van der Waals surface area contributed by atoms with Crippen molar-refractivity contribution in [2.75, 3.05) is 13.1 Å². The number of benzene rings is 3. The monoisotopic (exact) mass is 1410 g/mol. The second-order valence-corrected chi connectivity index (χ2v) is 16.9.